The van der Waals surface area contributed by atoms with Gasteiger partial charge in [0.15, 0.2) is 11.5 Å². The molecule has 3 aliphatic heterocycles. The van der Waals surface area contributed by atoms with Crippen LogP contribution in [0.25, 0.3) is 0 Å². The van der Waals surface area contributed by atoms with Crippen LogP contribution in [0, 0.1) is 30.1 Å². The molecule has 0 unspecified atom stereocenters. The van der Waals surface area contributed by atoms with Crippen molar-refractivity contribution in [1.82, 2.24) is 9.88 Å². The lowest BCUT2D eigenvalue weighted by Gasteiger charge is -2.56. The first kappa shape index (κ1) is 30.0. The summed E-state index contributed by atoms with van der Waals surface area (Å²) in [7, 11) is -1.65. The van der Waals surface area contributed by atoms with E-state index in [0.29, 0.717) is 5.69 Å². The van der Waals surface area contributed by atoms with E-state index < -0.39 is 63.3 Å². The Bertz CT molecular complexity index is 1310. The van der Waals surface area contributed by atoms with Gasteiger partial charge in [0.25, 0.3) is 5.72 Å². The van der Waals surface area contributed by atoms with Gasteiger partial charge in [-0.2, -0.15) is 0 Å². The Kier molecular flexibility index (Phi) is 8.38. The number of carbonyl (C=O) groups is 4. The molecular weight excluding hydrogens is 558 g/mol. The maximum absolute atomic E-state index is 13.6. The summed E-state index contributed by atoms with van der Waals surface area (Å²) in [4.78, 5) is 64.0. The second kappa shape index (κ2) is 11.2. The molecule has 6 atom stereocenters. The molecule has 1 amide bonds. The van der Waals surface area contributed by atoms with E-state index in [0.717, 1.165) is 15.5 Å². The highest BCUT2D eigenvalue weighted by Crippen LogP contribution is 2.52. The highest BCUT2D eigenvalue weighted by atomic mass is 32.2. The first-order valence-electron chi connectivity index (χ1n) is 13.1. The molecule has 3 aliphatic rings. The van der Waals surface area contributed by atoms with E-state index >= 15 is 0 Å². The normalized spacial score (nSPS) is 29.6. The van der Waals surface area contributed by atoms with Crippen molar-refractivity contribution in [2.24, 2.45) is 28.3 Å². The summed E-state index contributed by atoms with van der Waals surface area (Å²) in [6, 6.07) is 0. The number of aryl methyl sites for hydroxylation is 1. The van der Waals surface area contributed by atoms with Crippen LogP contribution in [0.2, 0.25) is 0 Å². The number of nitrogens with zero attached hydrogens (tertiary/aromatic N) is 3. The number of hydrogen-bond acceptors (Lipinski definition) is 11. The van der Waals surface area contributed by atoms with Crippen LogP contribution < -0.4 is 0 Å². The van der Waals surface area contributed by atoms with Gasteiger partial charge < -0.3 is 14.3 Å². The molecule has 3 fully saturated rings. The number of ether oxygens (including phenoxy) is 2. The van der Waals surface area contributed by atoms with Crippen molar-refractivity contribution in [2.45, 2.75) is 66.0 Å². The molecule has 3 saturated heterocycles. The molecule has 0 bridgehead atoms. The van der Waals surface area contributed by atoms with Gasteiger partial charge in [-0.3, -0.25) is 23.5 Å². The molecular formula is C27H35N3O8S2. The molecule has 1 aromatic rings. The number of esters is 2. The van der Waals surface area contributed by atoms with E-state index in [1.807, 2.05) is 34.6 Å². The van der Waals surface area contributed by atoms with Crippen molar-refractivity contribution in [2.75, 3.05) is 19.0 Å². The predicted molar refractivity (Wildman–Crippen MR) is 147 cm³/mol. The summed E-state index contributed by atoms with van der Waals surface area (Å²) in [5.74, 6) is -5.32. The first-order chi connectivity index (χ1) is 18.7. The molecule has 1 aromatic heterocycles. The maximum Gasteiger partial charge on any atom is 0.373 e. The third-order valence-electron chi connectivity index (χ3n) is 7.04. The lowest BCUT2D eigenvalue weighted by atomic mass is 9.81. The van der Waals surface area contributed by atoms with Crippen molar-refractivity contribution >= 4 is 51.5 Å². The topological polar surface area (TPSA) is 142 Å². The van der Waals surface area contributed by atoms with E-state index in [9.17, 15) is 23.4 Å². The number of oxime groups is 1. The Hall–Kier alpha value is -2.93. The minimum absolute atomic E-state index is 0.0314. The van der Waals surface area contributed by atoms with Gasteiger partial charge in [0.2, 0.25) is 5.91 Å². The standard InChI is InChI=1S/C27H35N3O8S2/c1-14(2)8-9-36-25(34)27-18(15(3)24(33)38-27)12-40(35)23-17(22(32)30(23)27)10-20(31)21(19-11-39-16(4)28-19)29-37-13-26(5,6)7/h8,11,15,17-18,23H,9-10,12-13H2,1-7H3/b29-21-/t15-,17+,18+,23+,27+,40-/m0/s1. The number of carbonyl (C=O) groups excluding carboxylic acids is 4. The number of aromatic nitrogens is 1. The maximum atomic E-state index is 13.6. The van der Waals surface area contributed by atoms with Crippen molar-refractivity contribution in [3.05, 3.63) is 27.7 Å². The van der Waals surface area contributed by atoms with E-state index in [2.05, 4.69) is 10.1 Å². The number of ketones is 1. The second-order valence-electron chi connectivity index (χ2n) is 11.8. The van der Waals surface area contributed by atoms with E-state index in [1.54, 1.807) is 25.3 Å². The number of rotatable bonds is 9. The first-order valence-corrected chi connectivity index (χ1v) is 15.3. The Labute approximate surface area is 239 Å². The molecule has 13 heteroatoms. The van der Waals surface area contributed by atoms with Crippen LogP contribution >= 0.6 is 11.3 Å². The van der Waals surface area contributed by atoms with Crippen molar-refractivity contribution < 1.29 is 37.7 Å². The quantitative estimate of drug-likeness (QED) is 0.139. The number of hydrogen-bond donors (Lipinski definition) is 0. The molecule has 0 saturated carbocycles. The van der Waals surface area contributed by atoms with Gasteiger partial charge in [0.05, 0.1) is 22.8 Å². The number of thiazole rings is 1. The number of fused-ring (bicyclic) bond motifs is 3. The summed E-state index contributed by atoms with van der Waals surface area (Å²) in [5, 5.41) is 5.48. The van der Waals surface area contributed by atoms with E-state index in [1.165, 1.54) is 11.3 Å². The minimum atomic E-state index is -2.01. The number of Topliss-reactive ketones (excluding diaryl/α,β-unsaturated/α-hetero) is 1. The van der Waals surface area contributed by atoms with Crippen LogP contribution in [-0.2, 0) is 44.3 Å². The van der Waals surface area contributed by atoms with Crippen molar-refractivity contribution in [1.29, 1.82) is 0 Å². The summed E-state index contributed by atoms with van der Waals surface area (Å²) in [6.07, 6.45) is 1.36. The molecule has 0 aliphatic carbocycles. The lowest BCUT2D eigenvalue weighted by Crippen LogP contribution is -2.78. The molecule has 0 aromatic carbocycles. The summed E-state index contributed by atoms with van der Waals surface area (Å²) < 4.78 is 24.4. The molecule has 218 valence electrons. The van der Waals surface area contributed by atoms with Gasteiger partial charge in [-0.25, -0.2) is 9.78 Å². The molecule has 40 heavy (non-hydrogen) atoms. The largest absolute Gasteiger partial charge is 0.457 e. The SMILES string of the molecule is CC(C)=CCOC(=O)[C@]12OC(=O)[C@@H](C)[C@H]1C[S@](=O)[C@@H]1[C@H](CC(=O)/C(=N\OCC(C)(C)C)c3csc(C)n3)C(=O)N12. The Morgan fingerprint density at radius 3 is 2.62 bits per heavy atom. The number of amides is 1. The minimum Gasteiger partial charge on any atom is -0.457 e. The molecule has 4 heterocycles. The Morgan fingerprint density at radius 2 is 2.02 bits per heavy atom. The molecule has 0 N–H and O–H groups in total. The van der Waals surface area contributed by atoms with E-state index in [-0.39, 0.29) is 36.5 Å². The average Bonchev–Trinajstić information content (AvgIpc) is 3.39. The number of allylic oxidation sites excluding steroid dienone is 1. The summed E-state index contributed by atoms with van der Waals surface area (Å²) >= 11 is 1.34. The van der Waals surface area contributed by atoms with Gasteiger partial charge in [-0.15, -0.1) is 11.3 Å². The Morgan fingerprint density at radius 1 is 1.32 bits per heavy atom. The molecule has 0 radical (unpaired) electrons. The molecule has 0 spiro atoms. The van der Waals surface area contributed by atoms with Crippen LogP contribution in [-0.4, -0.2) is 73.5 Å². The zero-order valence-corrected chi connectivity index (χ0v) is 25.3. The van der Waals surface area contributed by atoms with Gasteiger partial charge in [0.1, 0.15) is 24.3 Å². The molecule has 11 nitrogen and oxygen atoms in total. The van der Waals surface area contributed by atoms with Crippen LogP contribution in [0.4, 0.5) is 0 Å². The van der Waals surface area contributed by atoms with E-state index in [4.69, 9.17) is 14.3 Å². The predicted octanol–water partition coefficient (Wildman–Crippen LogP) is 2.74. The Balaban J connectivity index is 1.60. The van der Waals surface area contributed by atoms with Crippen LogP contribution in [0.3, 0.4) is 0 Å². The lowest BCUT2D eigenvalue weighted by molar-refractivity contribution is -0.223. The third-order valence-corrected chi connectivity index (χ3v) is 9.58. The average molecular weight is 594 g/mol. The van der Waals surface area contributed by atoms with Crippen molar-refractivity contribution in [3.8, 4) is 0 Å². The molecule has 4 rings (SSSR count). The van der Waals surface area contributed by atoms with Crippen LogP contribution in [0.5, 0.6) is 0 Å². The van der Waals surface area contributed by atoms with Crippen molar-refractivity contribution in [3.63, 3.8) is 0 Å². The second-order valence-corrected chi connectivity index (χ2v) is 14.4. The smallest absolute Gasteiger partial charge is 0.373 e. The van der Waals surface area contributed by atoms with Gasteiger partial charge in [-0.1, -0.05) is 38.4 Å². The zero-order chi connectivity index (χ0) is 29.6. The fourth-order valence-electron chi connectivity index (χ4n) is 4.93. The fourth-order valence-corrected chi connectivity index (χ4v) is 7.67. The highest BCUT2D eigenvalue weighted by molar-refractivity contribution is 7.85. The van der Waals surface area contributed by atoms with Crippen LogP contribution in [0.15, 0.2) is 22.2 Å². The van der Waals surface area contributed by atoms with Gasteiger partial charge in [0, 0.05) is 28.4 Å². The fraction of sp³-hybridized carbons (Fsp3) is 0.630. The summed E-state index contributed by atoms with van der Waals surface area (Å²) in [5.41, 5.74) is -1.01. The summed E-state index contributed by atoms with van der Waals surface area (Å²) in [6.45, 7) is 13.1. The van der Waals surface area contributed by atoms with Gasteiger partial charge in [-0.05, 0) is 32.3 Å². The number of β-lactam (4-membered cyclic amide) rings is 1. The zero-order valence-electron chi connectivity index (χ0n) is 23.7. The third kappa shape index (κ3) is 5.50. The van der Waals surface area contributed by atoms with Gasteiger partial charge >= 0.3 is 11.9 Å². The van der Waals surface area contributed by atoms with Crippen LogP contribution in [0.1, 0.15) is 58.7 Å². The monoisotopic (exact) mass is 593 g/mol. The highest BCUT2D eigenvalue weighted by Gasteiger charge is 2.75.